The second-order valence-corrected chi connectivity index (χ2v) is 5.73. The van der Waals surface area contributed by atoms with Crippen molar-refractivity contribution in [3.05, 3.63) is 70.7 Å². The second-order valence-electron chi connectivity index (χ2n) is 4.91. The molecule has 0 bridgehead atoms. The van der Waals surface area contributed by atoms with Gasteiger partial charge in [0.15, 0.2) is 6.61 Å². The maximum Gasteiger partial charge on any atom is 0.262 e. The van der Waals surface area contributed by atoms with E-state index < -0.39 is 0 Å². The number of hydrogen-bond acceptors (Lipinski definition) is 2. The zero-order valence-corrected chi connectivity index (χ0v) is 13.6. The van der Waals surface area contributed by atoms with E-state index >= 15 is 0 Å². The smallest absolute Gasteiger partial charge is 0.262 e. The number of ether oxygens (including phenoxy) is 1. The lowest BCUT2D eigenvalue weighted by atomic mass is 10.1. The summed E-state index contributed by atoms with van der Waals surface area (Å²) in [7, 11) is 0. The molecule has 0 aromatic heterocycles. The molecule has 0 saturated carbocycles. The van der Waals surface area contributed by atoms with Crippen molar-refractivity contribution in [2.24, 2.45) is 0 Å². The van der Waals surface area contributed by atoms with E-state index in [1.807, 2.05) is 42.5 Å². The van der Waals surface area contributed by atoms with E-state index in [2.05, 4.69) is 5.32 Å². The summed E-state index contributed by atoms with van der Waals surface area (Å²) in [4.78, 5) is 12.1. The molecule has 0 atom stereocenters. The summed E-state index contributed by atoms with van der Waals surface area (Å²) in [5.74, 6) is 0.330. The van der Waals surface area contributed by atoms with Crippen LogP contribution < -0.4 is 10.1 Å². The summed E-state index contributed by atoms with van der Waals surface area (Å²) in [6.45, 7) is -0.129. The van der Waals surface area contributed by atoms with Gasteiger partial charge in [0, 0.05) is 5.39 Å². The molecule has 23 heavy (non-hydrogen) atoms. The molecule has 3 nitrogen and oxygen atoms in total. The molecule has 0 saturated heterocycles. The molecular weight excluding hydrogens is 333 g/mol. The van der Waals surface area contributed by atoms with Gasteiger partial charge in [-0.3, -0.25) is 4.79 Å². The van der Waals surface area contributed by atoms with Gasteiger partial charge >= 0.3 is 0 Å². The maximum atomic E-state index is 12.1. The largest absolute Gasteiger partial charge is 0.483 e. The Labute approximate surface area is 143 Å². The first-order chi connectivity index (χ1) is 11.1. The van der Waals surface area contributed by atoms with Crippen molar-refractivity contribution in [3.63, 3.8) is 0 Å². The Morgan fingerprint density at radius 2 is 1.57 bits per heavy atom. The van der Waals surface area contributed by atoms with E-state index in [1.165, 1.54) is 0 Å². The lowest BCUT2D eigenvalue weighted by Gasteiger charge is -2.11. The van der Waals surface area contributed by atoms with E-state index in [4.69, 9.17) is 27.9 Å². The van der Waals surface area contributed by atoms with Crippen LogP contribution in [0.4, 0.5) is 5.69 Å². The van der Waals surface area contributed by atoms with Crippen LogP contribution >= 0.6 is 23.2 Å². The number of amides is 1. The predicted octanol–water partition coefficient (Wildman–Crippen LogP) is 5.16. The number of anilines is 1. The third-order valence-corrected chi connectivity index (χ3v) is 3.97. The van der Waals surface area contributed by atoms with Gasteiger partial charge in [-0.2, -0.15) is 0 Å². The van der Waals surface area contributed by atoms with Gasteiger partial charge in [-0.1, -0.05) is 65.7 Å². The SMILES string of the molecule is O=C(COc1cccc2ccccc12)Nc1c(Cl)cccc1Cl. The van der Waals surface area contributed by atoms with Crippen LogP contribution in [0.15, 0.2) is 60.7 Å². The molecule has 5 heteroatoms. The van der Waals surface area contributed by atoms with Crippen molar-refractivity contribution in [2.45, 2.75) is 0 Å². The number of benzene rings is 3. The fourth-order valence-electron chi connectivity index (χ4n) is 2.26. The molecule has 0 spiro atoms. The number of halogens is 2. The quantitative estimate of drug-likeness (QED) is 0.708. The van der Waals surface area contributed by atoms with Crippen LogP contribution in [0.1, 0.15) is 0 Å². The summed E-state index contributed by atoms with van der Waals surface area (Å²) in [6, 6.07) is 18.6. The Morgan fingerprint density at radius 1 is 0.913 bits per heavy atom. The number of rotatable bonds is 4. The minimum absolute atomic E-state index is 0.129. The first-order valence-corrected chi connectivity index (χ1v) is 7.75. The average molecular weight is 346 g/mol. The van der Waals surface area contributed by atoms with Crippen LogP contribution in [0, 0.1) is 0 Å². The molecule has 0 unspecified atom stereocenters. The van der Waals surface area contributed by atoms with Crippen LogP contribution in [-0.2, 0) is 4.79 Å². The first kappa shape index (κ1) is 15.7. The molecule has 0 fully saturated rings. The van der Waals surface area contributed by atoms with Crippen molar-refractivity contribution in [1.29, 1.82) is 0 Å². The maximum absolute atomic E-state index is 12.1. The molecule has 1 amide bonds. The highest BCUT2D eigenvalue weighted by atomic mass is 35.5. The fraction of sp³-hybridized carbons (Fsp3) is 0.0556. The number of fused-ring (bicyclic) bond motifs is 1. The summed E-state index contributed by atoms with van der Waals surface area (Å²) >= 11 is 12.1. The molecule has 1 N–H and O–H groups in total. The number of nitrogens with one attached hydrogen (secondary N) is 1. The Balaban J connectivity index is 1.71. The van der Waals surface area contributed by atoms with E-state index in [1.54, 1.807) is 18.2 Å². The molecule has 0 aliphatic rings. The van der Waals surface area contributed by atoms with E-state index in [9.17, 15) is 4.79 Å². The summed E-state index contributed by atoms with van der Waals surface area (Å²) < 4.78 is 5.63. The molecule has 0 aliphatic heterocycles. The van der Waals surface area contributed by atoms with Gasteiger partial charge in [-0.25, -0.2) is 0 Å². The Kier molecular flexibility index (Phi) is 4.70. The summed E-state index contributed by atoms with van der Waals surface area (Å²) in [5.41, 5.74) is 0.391. The van der Waals surface area contributed by atoms with Crippen LogP contribution in [0.25, 0.3) is 10.8 Å². The molecule has 3 rings (SSSR count). The number of carbonyl (C=O) groups is 1. The Morgan fingerprint density at radius 3 is 2.35 bits per heavy atom. The van der Waals surface area contributed by atoms with Crippen molar-refractivity contribution in [3.8, 4) is 5.75 Å². The van der Waals surface area contributed by atoms with E-state index in [0.717, 1.165) is 10.8 Å². The second kappa shape index (κ2) is 6.90. The van der Waals surface area contributed by atoms with Crippen molar-refractivity contribution < 1.29 is 9.53 Å². The highest BCUT2D eigenvalue weighted by Gasteiger charge is 2.11. The third kappa shape index (κ3) is 3.58. The predicted molar refractivity (Wildman–Crippen MR) is 94.5 cm³/mol. The van der Waals surface area contributed by atoms with Gasteiger partial charge in [-0.05, 0) is 23.6 Å². The van der Waals surface area contributed by atoms with Crippen molar-refractivity contribution >= 4 is 45.6 Å². The summed E-state index contributed by atoms with van der Waals surface area (Å²) in [5, 5.41) is 5.45. The highest BCUT2D eigenvalue weighted by Crippen LogP contribution is 2.30. The van der Waals surface area contributed by atoms with Crippen LogP contribution in [0.3, 0.4) is 0 Å². The molecule has 3 aromatic carbocycles. The molecule has 0 heterocycles. The topological polar surface area (TPSA) is 38.3 Å². The third-order valence-electron chi connectivity index (χ3n) is 3.34. The van der Waals surface area contributed by atoms with Crippen LogP contribution in [0.5, 0.6) is 5.75 Å². The van der Waals surface area contributed by atoms with E-state index in [0.29, 0.717) is 21.5 Å². The minimum atomic E-state index is -0.326. The Bertz CT molecular complexity index is 839. The van der Waals surface area contributed by atoms with Gasteiger partial charge in [0.25, 0.3) is 5.91 Å². The van der Waals surface area contributed by atoms with Crippen molar-refractivity contribution in [1.82, 2.24) is 0 Å². The minimum Gasteiger partial charge on any atom is -0.483 e. The summed E-state index contributed by atoms with van der Waals surface area (Å²) in [6.07, 6.45) is 0. The zero-order valence-electron chi connectivity index (χ0n) is 12.1. The molecular formula is C18H13Cl2NO2. The van der Waals surface area contributed by atoms with Gasteiger partial charge in [0.2, 0.25) is 0 Å². The van der Waals surface area contributed by atoms with Gasteiger partial charge in [-0.15, -0.1) is 0 Å². The lowest BCUT2D eigenvalue weighted by Crippen LogP contribution is -2.20. The first-order valence-electron chi connectivity index (χ1n) is 6.99. The number of hydrogen-bond donors (Lipinski definition) is 1. The van der Waals surface area contributed by atoms with Gasteiger partial charge in [0.1, 0.15) is 5.75 Å². The number of carbonyl (C=O) groups excluding carboxylic acids is 1. The standard InChI is InChI=1S/C18H13Cl2NO2/c19-14-8-4-9-15(20)18(14)21-17(22)11-23-16-10-3-6-12-5-1-2-7-13(12)16/h1-10H,11H2,(H,21,22). The monoisotopic (exact) mass is 345 g/mol. The Hall–Kier alpha value is -2.23. The van der Waals surface area contributed by atoms with Crippen LogP contribution in [-0.4, -0.2) is 12.5 Å². The van der Waals surface area contributed by atoms with Crippen LogP contribution in [0.2, 0.25) is 10.0 Å². The van der Waals surface area contributed by atoms with Crippen molar-refractivity contribution in [2.75, 3.05) is 11.9 Å². The molecule has 0 radical (unpaired) electrons. The zero-order chi connectivity index (χ0) is 16.2. The van der Waals surface area contributed by atoms with E-state index in [-0.39, 0.29) is 12.5 Å². The lowest BCUT2D eigenvalue weighted by molar-refractivity contribution is -0.118. The number of para-hydroxylation sites is 1. The fourth-order valence-corrected chi connectivity index (χ4v) is 2.75. The molecule has 3 aromatic rings. The molecule has 116 valence electrons. The normalized spacial score (nSPS) is 10.5. The van der Waals surface area contributed by atoms with Gasteiger partial charge < -0.3 is 10.1 Å². The highest BCUT2D eigenvalue weighted by molar-refractivity contribution is 6.39. The average Bonchev–Trinajstić information content (AvgIpc) is 2.56. The molecule has 0 aliphatic carbocycles. The van der Waals surface area contributed by atoms with Gasteiger partial charge in [0.05, 0.1) is 15.7 Å².